The van der Waals surface area contributed by atoms with E-state index >= 15 is 0 Å². The first-order valence-electron chi connectivity index (χ1n) is 11.3. The number of hydrogen-bond acceptors (Lipinski definition) is 4. The van der Waals surface area contributed by atoms with E-state index in [0.717, 1.165) is 36.4 Å². The van der Waals surface area contributed by atoms with Crippen LogP contribution in [0.15, 0.2) is 42.5 Å². The molecule has 2 atom stereocenters. The van der Waals surface area contributed by atoms with Crippen LogP contribution >= 0.6 is 23.2 Å². The van der Waals surface area contributed by atoms with Gasteiger partial charge in [0.15, 0.2) is 0 Å². The fraction of sp³-hybridized carbons (Fsp3) is 0.500. The largest absolute Gasteiger partial charge is 0.467 e. The highest BCUT2D eigenvalue weighted by Gasteiger charge is 2.54. The van der Waals surface area contributed by atoms with Crippen LogP contribution in [0, 0.1) is 11.8 Å². The maximum Gasteiger partial charge on any atom is 0.331 e. The monoisotopic (exact) mass is 475 g/mol. The van der Waals surface area contributed by atoms with Gasteiger partial charge in [-0.05, 0) is 97.2 Å². The second-order valence-electron chi connectivity index (χ2n) is 9.59. The van der Waals surface area contributed by atoms with Crippen LogP contribution in [0.4, 0.5) is 5.69 Å². The zero-order valence-electron chi connectivity index (χ0n) is 18.7. The number of aliphatic hydroxyl groups is 1. The minimum absolute atomic E-state index is 0.0170. The van der Waals surface area contributed by atoms with Gasteiger partial charge in [-0.25, -0.2) is 4.79 Å². The summed E-state index contributed by atoms with van der Waals surface area (Å²) in [5.74, 6) is 0.417. The molecule has 2 aromatic carbocycles. The Morgan fingerprint density at radius 3 is 2.53 bits per heavy atom. The van der Waals surface area contributed by atoms with Gasteiger partial charge in [0.1, 0.15) is 5.54 Å². The van der Waals surface area contributed by atoms with Crippen molar-refractivity contribution >= 4 is 34.9 Å². The number of carbonyl (C=O) groups is 1. The highest BCUT2D eigenvalue weighted by Crippen LogP contribution is 2.56. The third-order valence-corrected chi connectivity index (χ3v) is 8.10. The van der Waals surface area contributed by atoms with Crippen LogP contribution in [-0.2, 0) is 21.4 Å². The third kappa shape index (κ3) is 4.25. The normalized spacial score (nSPS) is 27.7. The molecule has 0 unspecified atom stereocenters. The van der Waals surface area contributed by atoms with Gasteiger partial charge >= 0.3 is 5.97 Å². The Bertz CT molecular complexity index is 985. The number of fused-ring (bicyclic) bond motifs is 2. The number of hydrogen-bond donors (Lipinski definition) is 2. The topological polar surface area (TPSA) is 58.6 Å². The highest BCUT2D eigenvalue weighted by molar-refractivity contribution is 6.31. The van der Waals surface area contributed by atoms with Crippen LogP contribution in [0.5, 0.6) is 0 Å². The van der Waals surface area contributed by atoms with E-state index in [0.29, 0.717) is 23.8 Å². The van der Waals surface area contributed by atoms with E-state index in [9.17, 15) is 9.90 Å². The molecule has 172 valence electrons. The number of benzene rings is 2. The minimum Gasteiger partial charge on any atom is -0.467 e. The van der Waals surface area contributed by atoms with Crippen molar-refractivity contribution in [3.63, 3.8) is 0 Å². The number of aliphatic hydroxyl groups excluding tert-OH is 1. The van der Waals surface area contributed by atoms with Gasteiger partial charge in [-0.15, -0.1) is 0 Å². The van der Waals surface area contributed by atoms with Crippen molar-refractivity contribution in [2.75, 3.05) is 19.0 Å². The molecule has 0 aliphatic heterocycles. The van der Waals surface area contributed by atoms with Gasteiger partial charge in [-0.2, -0.15) is 0 Å². The molecule has 6 heteroatoms. The average Bonchev–Trinajstić information content (AvgIpc) is 3.06. The standard InChI is InChI=1S/C26H31Cl2NO3/c1-17(16-30)12-19-13-18-14-21(28)6-7-23(18)25(19)8-10-26(11-9-25,24(31)32-2)29-22-5-3-4-20(27)15-22/h3-7,14-15,17,19,29-30H,8-13,16H2,1-2H3/t17-,19-,25?,26?/m1/s1. The summed E-state index contributed by atoms with van der Waals surface area (Å²) in [6.07, 6.45) is 4.99. The summed E-state index contributed by atoms with van der Waals surface area (Å²) in [7, 11) is 1.45. The molecular weight excluding hydrogens is 445 g/mol. The van der Waals surface area contributed by atoms with E-state index in [1.807, 2.05) is 30.3 Å². The van der Waals surface area contributed by atoms with Crippen molar-refractivity contribution in [1.82, 2.24) is 0 Å². The lowest BCUT2D eigenvalue weighted by molar-refractivity contribution is -0.148. The van der Waals surface area contributed by atoms with Gasteiger partial charge in [-0.1, -0.05) is 42.3 Å². The van der Waals surface area contributed by atoms with E-state index in [-0.39, 0.29) is 23.9 Å². The summed E-state index contributed by atoms with van der Waals surface area (Å²) < 4.78 is 5.26. The average molecular weight is 476 g/mol. The molecule has 0 radical (unpaired) electrons. The van der Waals surface area contributed by atoms with Crippen LogP contribution < -0.4 is 5.32 Å². The third-order valence-electron chi connectivity index (χ3n) is 7.63. The molecule has 2 N–H and O–H groups in total. The molecule has 0 saturated heterocycles. The summed E-state index contributed by atoms with van der Waals surface area (Å²) in [5.41, 5.74) is 2.69. The fourth-order valence-electron chi connectivity index (χ4n) is 5.99. The Balaban J connectivity index is 1.66. The summed E-state index contributed by atoms with van der Waals surface area (Å²) >= 11 is 12.5. The molecule has 2 aromatic rings. The Morgan fingerprint density at radius 1 is 1.16 bits per heavy atom. The van der Waals surface area contributed by atoms with Crippen LogP contribution in [0.1, 0.15) is 50.2 Å². The van der Waals surface area contributed by atoms with E-state index < -0.39 is 5.54 Å². The lowest BCUT2D eigenvalue weighted by Crippen LogP contribution is -2.53. The van der Waals surface area contributed by atoms with E-state index in [2.05, 4.69) is 24.4 Å². The van der Waals surface area contributed by atoms with Gasteiger partial charge in [0.05, 0.1) is 7.11 Å². The molecule has 1 saturated carbocycles. The molecule has 0 aromatic heterocycles. The van der Waals surface area contributed by atoms with Crippen molar-refractivity contribution in [2.45, 2.75) is 56.4 Å². The highest BCUT2D eigenvalue weighted by atomic mass is 35.5. The predicted molar refractivity (Wildman–Crippen MR) is 129 cm³/mol. The fourth-order valence-corrected chi connectivity index (χ4v) is 6.37. The molecule has 0 bridgehead atoms. The number of rotatable bonds is 6. The summed E-state index contributed by atoms with van der Waals surface area (Å²) in [6.45, 7) is 2.29. The van der Waals surface area contributed by atoms with Crippen LogP contribution in [0.25, 0.3) is 0 Å². The van der Waals surface area contributed by atoms with Crippen molar-refractivity contribution in [2.24, 2.45) is 11.8 Å². The molecule has 1 fully saturated rings. The van der Waals surface area contributed by atoms with Gasteiger partial charge in [0.25, 0.3) is 0 Å². The predicted octanol–water partition coefficient (Wildman–Crippen LogP) is 6.02. The lowest BCUT2D eigenvalue weighted by Gasteiger charge is -2.47. The molecule has 4 rings (SSSR count). The zero-order valence-corrected chi connectivity index (χ0v) is 20.2. The van der Waals surface area contributed by atoms with Crippen molar-refractivity contribution in [3.8, 4) is 0 Å². The number of carbonyl (C=O) groups excluding carboxylic acids is 1. The van der Waals surface area contributed by atoms with Gasteiger partial charge in [-0.3, -0.25) is 0 Å². The second kappa shape index (κ2) is 9.24. The minimum atomic E-state index is -0.785. The molecular formula is C26H31Cl2NO3. The van der Waals surface area contributed by atoms with Gasteiger partial charge in [0, 0.05) is 22.3 Å². The van der Waals surface area contributed by atoms with Crippen LogP contribution in [-0.4, -0.2) is 30.3 Å². The SMILES string of the molecule is COC(=O)C1(Nc2cccc(Cl)c2)CCC2(CC1)c1ccc(Cl)cc1C[C@H]2C[C@@H](C)CO. The number of methoxy groups -OCH3 is 1. The van der Waals surface area contributed by atoms with Crippen molar-refractivity contribution < 1.29 is 14.6 Å². The van der Waals surface area contributed by atoms with E-state index in [1.54, 1.807) is 0 Å². The number of halogens is 2. The van der Waals surface area contributed by atoms with Crippen molar-refractivity contribution in [1.29, 1.82) is 0 Å². The smallest absolute Gasteiger partial charge is 0.331 e. The summed E-state index contributed by atoms with van der Waals surface area (Å²) in [4.78, 5) is 13.0. The summed E-state index contributed by atoms with van der Waals surface area (Å²) in [5, 5.41) is 14.6. The second-order valence-corrected chi connectivity index (χ2v) is 10.5. The Morgan fingerprint density at radius 2 is 1.88 bits per heavy atom. The van der Waals surface area contributed by atoms with Crippen LogP contribution in [0.3, 0.4) is 0 Å². The lowest BCUT2D eigenvalue weighted by atomic mass is 9.59. The maximum atomic E-state index is 13.0. The number of anilines is 1. The van der Waals surface area contributed by atoms with Gasteiger partial charge < -0.3 is 15.2 Å². The van der Waals surface area contributed by atoms with Crippen LogP contribution in [0.2, 0.25) is 10.0 Å². The Labute approximate surface area is 200 Å². The van der Waals surface area contributed by atoms with Gasteiger partial charge in [0.2, 0.25) is 0 Å². The Kier molecular flexibility index (Phi) is 6.76. The maximum absolute atomic E-state index is 13.0. The molecule has 0 heterocycles. The first kappa shape index (κ1) is 23.4. The number of nitrogens with one attached hydrogen (secondary N) is 1. The Hall–Kier alpha value is -1.75. The number of esters is 1. The first-order chi connectivity index (χ1) is 15.3. The molecule has 0 amide bonds. The quantitative estimate of drug-likeness (QED) is 0.501. The molecule has 32 heavy (non-hydrogen) atoms. The van der Waals surface area contributed by atoms with Crippen molar-refractivity contribution in [3.05, 3.63) is 63.6 Å². The molecule has 2 aliphatic rings. The first-order valence-corrected chi connectivity index (χ1v) is 12.1. The van der Waals surface area contributed by atoms with E-state index in [1.165, 1.54) is 18.2 Å². The molecule has 4 nitrogen and oxygen atoms in total. The molecule has 2 aliphatic carbocycles. The zero-order chi connectivity index (χ0) is 22.9. The number of ether oxygens (including phenoxy) is 1. The summed E-state index contributed by atoms with van der Waals surface area (Å²) in [6, 6.07) is 13.7. The van der Waals surface area contributed by atoms with E-state index in [4.69, 9.17) is 27.9 Å². The molecule has 1 spiro atoms.